The Balaban J connectivity index is 1.72. The number of carbonyl (C=O) groups is 2. The highest BCUT2D eigenvalue weighted by Crippen LogP contribution is 2.42. The van der Waals surface area contributed by atoms with Crippen LogP contribution in [0.3, 0.4) is 0 Å². The Morgan fingerprint density at radius 1 is 1.11 bits per heavy atom. The standard InChI is InChI=1S/C27H22ClN3O3S/c1-2-34-22-13-11-21(12-14-22)31-26(33)24(16-18-7-6-8-19(28)15-18)35-27(31)23(17-29)25(32)30-20-9-4-3-5-10-20/h3-15,24H,2,16H2,1H3,(H,30,32)/b27-23-. The Hall–Kier alpha value is -3.73. The summed E-state index contributed by atoms with van der Waals surface area (Å²) in [6, 6.07) is 25.2. The molecule has 0 spiro atoms. The van der Waals surface area contributed by atoms with E-state index in [1.54, 1.807) is 54.6 Å². The van der Waals surface area contributed by atoms with E-state index in [-0.39, 0.29) is 11.5 Å². The first kappa shape index (κ1) is 24.4. The molecule has 0 aliphatic carbocycles. The zero-order chi connectivity index (χ0) is 24.8. The first-order valence-electron chi connectivity index (χ1n) is 11.0. The lowest BCUT2D eigenvalue weighted by Crippen LogP contribution is -2.30. The number of nitrogens with one attached hydrogen (secondary N) is 1. The number of hydrogen-bond acceptors (Lipinski definition) is 5. The summed E-state index contributed by atoms with van der Waals surface area (Å²) < 4.78 is 5.51. The molecular weight excluding hydrogens is 482 g/mol. The minimum absolute atomic E-state index is 0.130. The fraction of sp³-hybridized carbons (Fsp3) is 0.148. The van der Waals surface area contributed by atoms with Crippen LogP contribution < -0.4 is 15.0 Å². The predicted octanol–water partition coefficient (Wildman–Crippen LogP) is 5.80. The van der Waals surface area contributed by atoms with Crippen molar-refractivity contribution in [2.24, 2.45) is 0 Å². The van der Waals surface area contributed by atoms with E-state index in [2.05, 4.69) is 5.32 Å². The number of nitriles is 1. The third kappa shape index (κ3) is 5.68. The number of halogens is 1. The highest BCUT2D eigenvalue weighted by Gasteiger charge is 2.40. The molecule has 2 amide bonds. The fourth-order valence-corrected chi connectivity index (χ4v) is 5.19. The molecule has 176 valence electrons. The molecule has 0 saturated carbocycles. The van der Waals surface area contributed by atoms with Crippen LogP contribution in [0.1, 0.15) is 12.5 Å². The molecule has 1 unspecified atom stereocenters. The van der Waals surface area contributed by atoms with Gasteiger partial charge >= 0.3 is 0 Å². The Morgan fingerprint density at radius 3 is 2.51 bits per heavy atom. The minimum Gasteiger partial charge on any atom is -0.494 e. The molecule has 1 N–H and O–H groups in total. The Bertz CT molecular complexity index is 1300. The van der Waals surface area contributed by atoms with Crippen molar-refractivity contribution in [2.75, 3.05) is 16.8 Å². The van der Waals surface area contributed by atoms with Gasteiger partial charge in [0, 0.05) is 16.4 Å². The number of nitrogens with zero attached hydrogens (tertiary/aromatic N) is 2. The van der Waals surface area contributed by atoms with Gasteiger partial charge in [0.25, 0.3) is 5.91 Å². The van der Waals surface area contributed by atoms with Crippen LogP contribution in [0.5, 0.6) is 5.75 Å². The van der Waals surface area contributed by atoms with E-state index >= 15 is 0 Å². The summed E-state index contributed by atoms with van der Waals surface area (Å²) in [6.45, 7) is 2.41. The van der Waals surface area contributed by atoms with Crippen LogP contribution in [0.2, 0.25) is 5.02 Å². The molecule has 35 heavy (non-hydrogen) atoms. The van der Waals surface area contributed by atoms with Crippen LogP contribution in [0, 0.1) is 11.3 Å². The molecule has 3 aromatic carbocycles. The largest absolute Gasteiger partial charge is 0.494 e. The number of benzene rings is 3. The first-order chi connectivity index (χ1) is 17.0. The maximum Gasteiger partial charge on any atom is 0.269 e. The molecule has 1 aliphatic heterocycles. The monoisotopic (exact) mass is 503 g/mol. The lowest BCUT2D eigenvalue weighted by Gasteiger charge is -2.19. The second kappa shape index (κ2) is 11.1. The van der Waals surface area contributed by atoms with Gasteiger partial charge < -0.3 is 10.1 Å². The van der Waals surface area contributed by atoms with Gasteiger partial charge in [0.15, 0.2) is 0 Å². The average molecular weight is 504 g/mol. The molecule has 0 bridgehead atoms. The Kier molecular flexibility index (Phi) is 7.76. The summed E-state index contributed by atoms with van der Waals surface area (Å²) in [6.07, 6.45) is 0.403. The summed E-state index contributed by atoms with van der Waals surface area (Å²) >= 11 is 7.34. The van der Waals surface area contributed by atoms with Crippen molar-refractivity contribution in [3.63, 3.8) is 0 Å². The second-order valence-corrected chi connectivity index (χ2v) is 9.28. The molecule has 4 rings (SSSR count). The van der Waals surface area contributed by atoms with Gasteiger partial charge in [-0.2, -0.15) is 5.26 Å². The van der Waals surface area contributed by atoms with Crippen molar-refractivity contribution < 1.29 is 14.3 Å². The lowest BCUT2D eigenvalue weighted by molar-refractivity contribution is -0.117. The average Bonchev–Trinajstić information content (AvgIpc) is 3.16. The van der Waals surface area contributed by atoms with E-state index < -0.39 is 11.2 Å². The second-order valence-electron chi connectivity index (χ2n) is 7.65. The van der Waals surface area contributed by atoms with Crippen molar-refractivity contribution in [1.82, 2.24) is 0 Å². The normalized spacial score (nSPS) is 16.5. The Morgan fingerprint density at radius 2 is 1.86 bits per heavy atom. The Labute approximate surface area is 213 Å². The van der Waals surface area contributed by atoms with Gasteiger partial charge in [-0.1, -0.05) is 53.7 Å². The summed E-state index contributed by atoms with van der Waals surface area (Å²) in [7, 11) is 0. The molecule has 3 aromatic rings. The van der Waals surface area contributed by atoms with Crippen molar-refractivity contribution in [1.29, 1.82) is 5.26 Å². The number of ether oxygens (including phenoxy) is 1. The molecule has 0 radical (unpaired) electrons. The maximum absolute atomic E-state index is 13.6. The van der Waals surface area contributed by atoms with E-state index in [1.165, 1.54) is 16.7 Å². The summed E-state index contributed by atoms with van der Waals surface area (Å²) in [5.41, 5.74) is 1.87. The summed E-state index contributed by atoms with van der Waals surface area (Å²) in [5, 5.41) is 13.1. The first-order valence-corrected chi connectivity index (χ1v) is 12.2. The zero-order valence-electron chi connectivity index (χ0n) is 18.9. The highest BCUT2D eigenvalue weighted by atomic mass is 35.5. The molecule has 1 heterocycles. The van der Waals surface area contributed by atoms with E-state index in [4.69, 9.17) is 16.3 Å². The van der Waals surface area contributed by atoms with Crippen LogP contribution in [0.25, 0.3) is 0 Å². The summed E-state index contributed by atoms with van der Waals surface area (Å²) in [5.74, 6) is -0.123. The smallest absolute Gasteiger partial charge is 0.269 e. The van der Waals surface area contributed by atoms with Crippen LogP contribution in [-0.2, 0) is 16.0 Å². The third-order valence-corrected chi connectivity index (χ3v) is 6.75. The van der Waals surface area contributed by atoms with Crippen molar-refractivity contribution in [2.45, 2.75) is 18.6 Å². The topological polar surface area (TPSA) is 82.4 Å². The molecule has 0 aromatic heterocycles. The maximum atomic E-state index is 13.6. The van der Waals surface area contributed by atoms with Crippen LogP contribution in [0.4, 0.5) is 11.4 Å². The van der Waals surface area contributed by atoms with Crippen LogP contribution in [0.15, 0.2) is 89.5 Å². The molecule has 8 heteroatoms. The van der Waals surface area contributed by atoms with Gasteiger partial charge in [0.05, 0.1) is 11.9 Å². The molecular formula is C27H22ClN3O3S. The number of rotatable bonds is 7. The highest BCUT2D eigenvalue weighted by molar-refractivity contribution is 8.05. The van der Waals surface area contributed by atoms with E-state index in [1.807, 2.05) is 37.3 Å². The van der Waals surface area contributed by atoms with Crippen LogP contribution >= 0.6 is 23.4 Å². The van der Waals surface area contributed by atoms with Gasteiger partial charge in [-0.15, -0.1) is 0 Å². The van der Waals surface area contributed by atoms with Gasteiger partial charge in [0.1, 0.15) is 22.4 Å². The van der Waals surface area contributed by atoms with E-state index in [9.17, 15) is 14.9 Å². The van der Waals surface area contributed by atoms with Gasteiger partial charge in [-0.3, -0.25) is 14.5 Å². The van der Waals surface area contributed by atoms with Crippen molar-refractivity contribution >= 4 is 46.6 Å². The van der Waals surface area contributed by atoms with Crippen molar-refractivity contribution in [3.05, 3.63) is 100 Å². The molecule has 1 saturated heterocycles. The molecule has 1 atom stereocenters. The van der Waals surface area contributed by atoms with Crippen molar-refractivity contribution in [3.8, 4) is 11.8 Å². The van der Waals surface area contributed by atoms with Crippen LogP contribution in [-0.4, -0.2) is 23.7 Å². The number of anilines is 2. The molecule has 1 aliphatic rings. The number of thioether (sulfide) groups is 1. The minimum atomic E-state index is -0.576. The fourth-order valence-electron chi connectivity index (χ4n) is 3.67. The predicted molar refractivity (Wildman–Crippen MR) is 139 cm³/mol. The van der Waals surface area contributed by atoms with E-state index in [0.29, 0.717) is 40.2 Å². The van der Waals surface area contributed by atoms with Gasteiger partial charge in [-0.25, -0.2) is 0 Å². The number of para-hydroxylation sites is 1. The zero-order valence-corrected chi connectivity index (χ0v) is 20.5. The van der Waals surface area contributed by atoms with E-state index in [0.717, 1.165) is 5.56 Å². The summed E-state index contributed by atoms with van der Waals surface area (Å²) in [4.78, 5) is 28.1. The molecule has 1 fully saturated rings. The van der Waals surface area contributed by atoms with Gasteiger partial charge in [0.2, 0.25) is 5.91 Å². The third-order valence-electron chi connectivity index (χ3n) is 5.25. The SMILES string of the molecule is CCOc1ccc(N2C(=O)C(Cc3cccc(Cl)c3)S/C2=C(/C#N)C(=O)Nc2ccccc2)cc1. The lowest BCUT2D eigenvalue weighted by atomic mass is 10.1. The number of amides is 2. The number of carbonyl (C=O) groups excluding carboxylic acids is 2. The quantitative estimate of drug-likeness (QED) is 0.325. The molecule has 6 nitrogen and oxygen atoms in total. The number of hydrogen-bond donors (Lipinski definition) is 1. The van der Waals surface area contributed by atoms with Gasteiger partial charge in [-0.05, 0) is 67.4 Å².